The quantitative estimate of drug-likeness (QED) is 0.738. The molecular weight excluding hydrogens is 385 g/mol. The number of carbonyl (C=O) groups is 2. The number of anilines is 1. The number of rotatable bonds is 7. The summed E-state index contributed by atoms with van der Waals surface area (Å²) in [5.41, 5.74) is 2.83. The number of quaternary nitrogens is 1. The average molecular weight is 409 g/mol. The molecule has 0 radical (unpaired) electrons. The topological polar surface area (TPSA) is 53.9 Å². The molecule has 2 amide bonds. The summed E-state index contributed by atoms with van der Waals surface area (Å²) in [7, 11) is 3.55. The van der Waals surface area contributed by atoms with Gasteiger partial charge in [0, 0.05) is 18.3 Å². The summed E-state index contributed by atoms with van der Waals surface area (Å²) in [6.45, 7) is 2.89. The number of amides is 2. The number of aryl methyl sites for hydroxylation is 1. The van der Waals surface area contributed by atoms with Gasteiger partial charge in [0.25, 0.3) is 5.91 Å². The molecule has 0 spiro atoms. The molecule has 0 saturated carbocycles. The first-order valence-electron chi connectivity index (χ1n) is 8.60. The molecule has 2 rings (SSSR count). The molecule has 2 aromatic carbocycles. The van der Waals surface area contributed by atoms with Crippen molar-refractivity contribution in [1.29, 1.82) is 0 Å². The summed E-state index contributed by atoms with van der Waals surface area (Å²) in [4.78, 5) is 26.9. The zero-order valence-corrected chi connectivity index (χ0v) is 17.2. The van der Waals surface area contributed by atoms with Gasteiger partial charge in [-0.2, -0.15) is 0 Å². The summed E-state index contributed by atoms with van der Waals surface area (Å²) in [5.74, 6) is -0.330. The first-order valence-corrected chi connectivity index (χ1v) is 9.36. The molecule has 0 aliphatic heterocycles. The lowest BCUT2D eigenvalue weighted by Gasteiger charge is -2.20. The number of nitrogens with one attached hydrogen (secondary N) is 2. The number of nitrogens with zero attached hydrogens (tertiary/aromatic N) is 1. The highest BCUT2D eigenvalue weighted by atomic mass is 35.5. The van der Waals surface area contributed by atoms with Crippen LogP contribution in [0.3, 0.4) is 0 Å². The van der Waals surface area contributed by atoms with Crippen molar-refractivity contribution < 1.29 is 14.5 Å². The van der Waals surface area contributed by atoms with E-state index >= 15 is 0 Å². The minimum atomic E-state index is -0.225. The molecule has 2 aromatic rings. The lowest BCUT2D eigenvalue weighted by molar-refractivity contribution is -0.885. The van der Waals surface area contributed by atoms with Crippen molar-refractivity contribution >= 4 is 40.7 Å². The maximum absolute atomic E-state index is 12.4. The van der Waals surface area contributed by atoms with Gasteiger partial charge in [-0.15, -0.1) is 0 Å². The third-order valence-corrected chi connectivity index (χ3v) is 4.82. The molecule has 0 fully saturated rings. The van der Waals surface area contributed by atoms with E-state index in [2.05, 4.69) is 5.32 Å². The minimum Gasteiger partial charge on any atom is -0.332 e. The van der Waals surface area contributed by atoms with Gasteiger partial charge in [-0.3, -0.25) is 9.59 Å². The molecule has 5 nitrogen and oxygen atoms in total. The first-order chi connectivity index (χ1) is 12.7. The number of hydrogen-bond donors (Lipinski definition) is 2. The van der Waals surface area contributed by atoms with Crippen LogP contribution in [-0.4, -0.2) is 43.9 Å². The van der Waals surface area contributed by atoms with Crippen molar-refractivity contribution in [2.75, 3.05) is 32.5 Å². The van der Waals surface area contributed by atoms with Crippen LogP contribution in [0.2, 0.25) is 10.0 Å². The molecule has 0 aromatic heterocycles. The van der Waals surface area contributed by atoms with Crippen LogP contribution in [0, 0.1) is 6.92 Å². The molecule has 27 heavy (non-hydrogen) atoms. The Hall–Kier alpha value is -2.08. The van der Waals surface area contributed by atoms with Gasteiger partial charge in [0.1, 0.15) is 6.54 Å². The van der Waals surface area contributed by atoms with Crippen molar-refractivity contribution in [3.05, 3.63) is 63.6 Å². The third kappa shape index (κ3) is 6.86. The summed E-state index contributed by atoms with van der Waals surface area (Å²) in [6, 6.07) is 13.0. The molecule has 0 aliphatic carbocycles. The summed E-state index contributed by atoms with van der Waals surface area (Å²) in [5, 5.41) is 3.80. The Labute approximate surface area is 169 Å². The fourth-order valence-electron chi connectivity index (χ4n) is 2.59. The highest BCUT2D eigenvalue weighted by molar-refractivity contribution is 6.42. The van der Waals surface area contributed by atoms with Crippen LogP contribution in [0.5, 0.6) is 0 Å². The maximum atomic E-state index is 12.4. The van der Waals surface area contributed by atoms with Gasteiger partial charge >= 0.3 is 0 Å². The smallest absolute Gasteiger partial charge is 0.277 e. The van der Waals surface area contributed by atoms with E-state index in [1.807, 2.05) is 44.3 Å². The monoisotopic (exact) mass is 408 g/mol. The number of halogens is 2. The number of likely N-dealkylation sites (N-methyl/N-ethyl adjacent to an activating group) is 2. The number of benzene rings is 2. The van der Waals surface area contributed by atoms with Crippen molar-refractivity contribution in [3.8, 4) is 0 Å². The largest absolute Gasteiger partial charge is 0.332 e. The Morgan fingerprint density at radius 3 is 2.37 bits per heavy atom. The van der Waals surface area contributed by atoms with Crippen LogP contribution >= 0.6 is 23.2 Å². The lowest BCUT2D eigenvalue weighted by Crippen LogP contribution is -3.08. The standard InChI is InChI=1S/C20H23Cl2N3O2/c1-14-4-7-16(8-5-14)23-19(26)12-25(3)20(27)13-24(2)11-15-6-9-17(21)18(22)10-15/h4-10H,11-13H2,1-3H3,(H,23,26)/p+1. The summed E-state index contributed by atoms with van der Waals surface area (Å²) >= 11 is 11.9. The van der Waals surface area contributed by atoms with E-state index < -0.39 is 0 Å². The zero-order chi connectivity index (χ0) is 20.0. The van der Waals surface area contributed by atoms with E-state index in [0.29, 0.717) is 22.3 Å². The van der Waals surface area contributed by atoms with Crippen molar-refractivity contribution in [1.82, 2.24) is 4.90 Å². The summed E-state index contributed by atoms with van der Waals surface area (Å²) < 4.78 is 0. The Bertz CT molecular complexity index is 809. The van der Waals surface area contributed by atoms with Gasteiger partial charge in [-0.25, -0.2) is 0 Å². The second-order valence-electron chi connectivity index (χ2n) is 6.72. The minimum absolute atomic E-state index is 0.00671. The van der Waals surface area contributed by atoms with Crippen molar-refractivity contribution in [3.63, 3.8) is 0 Å². The van der Waals surface area contributed by atoms with E-state index in [1.54, 1.807) is 19.2 Å². The van der Waals surface area contributed by atoms with E-state index in [-0.39, 0.29) is 24.9 Å². The van der Waals surface area contributed by atoms with E-state index in [1.165, 1.54) is 4.90 Å². The molecule has 7 heteroatoms. The Kier molecular flexibility index (Phi) is 7.66. The highest BCUT2D eigenvalue weighted by Crippen LogP contribution is 2.22. The van der Waals surface area contributed by atoms with E-state index in [4.69, 9.17) is 23.2 Å². The van der Waals surface area contributed by atoms with Gasteiger partial charge in [0.15, 0.2) is 6.54 Å². The molecule has 0 saturated heterocycles. The van der Waals surface area contributed by atoms with Gasteiger partial charge in [-0.1, -0.05) is 47.0 Å². The van der Waals surface area contributed by atoms with E-state index in [9.17, 15) is 9.59 Å². The van der Waals surface area contributed by atoms with Gasteiger partial charge in [0.2, 0.25) is 5.91 Å². The molecule has 144 valence electrons. The van der Waals surface area contributed by atoms with Crippen LogP contribution in [0.25, 0.3) is 0 Å². The second kappa shape index (κ2) is 9.74. The third-order valence-electron chi connectivity index (χ3n) is 4.08. The van der Waals surface area contributed by atoms with Gasteiger partial charge in [-0.05, 0) is 31.2 Å². The zero-order valence-electron chi connectivity index (χ0n) is 15.7. The van der Waals surface area contributed by atoms with Crippen molar-refractivity contribution in [2.24, 2.45) is 0 Å². The number of carbonyl (C=O) groups excluding carboxylic acids is 2. The first kappa shape index (κ1) is 21.2. The second-order valence-corrected chi connectivity index (χ2v) is 7.54. The van der Waals surface area contributed by atoms with Crippen LogP contribution in [0.1, 0.15) is 11.1 Å². The Morgan fingerprint density at radius 1 is 1.07 bits per heavy atom. The van der Waals surface area contributed by atoms with Gasteiger partial charge in [0.05, 0.1) is 23.6 Å². The van der Waals surface area contributed by atoms with Crippen LogP contribution in [0.4, 0.5) is 5.69 Å². The normalized spacial score (nSPS) is 11.7. The predicted octanol–water partition coefficient (Wildman–Crippen LogP) is 2.41. The lowest BCUT2D eigenvalue weighted by atomic mass is 10.2. The highest BCUT2D eigenvalue weighted by Gasteiger charge is 2.17. The Balaban J connectivity index is 1.82. The predicted molar refractivity (Wildman–Crippen MR) is 109 cm³/mol. The van der Waals surface area contributed by atoms with Crippen LogP contribution in [-0.2, 0) is 16.1 Å². The average Bonchev–Trinajstić information content (AvgIpc) is 2.60. The molecule has 2 N–H and O–H groups in total. The van der Waals surface area contributed by atoms with Crippen LogP contribution in [0.15, 0.2) is 42.5 Å². The van der Waals surface area contributed by atoms with Crippen molar-refractivity contribution in [2.45, 2.75) is 13.5 Å². The summed E-state index contributed by atoms with van der Waals surface area (Å²) in [6.07, 6.45) is 0. The molecule has 0 bridgehead atoms. The fourth-order valence-corrected chi connectivity index (χ4v) is 2.92. The molecule has 1 unspecified atom stereocenters. The molecule has 0 heterocycles. The molecule has 0 aliphatic rings. The molecular formula is C20H24Cl2N3O2+. The van der Waals surface area contributed by atoms with Gasteiger partial charge < -0.3 is 15.1 Å². The maximum Gasteiger partial charge on any atom is 0.277 e. The fraction of sp³-hybridized carbons (Fsp3) is 0.300. The van der Waals surface area contributed by atoms with Crippen LogP contribution < -0.4 is 10.2 Å². The Morgan fingerprint density at radius 2 is 1.74 bits per heavy atom. The SMILES string of the molecule is Cc1ccc(NC(=O)CN(C)C(=O)C[NH+](C)Cc2ccc(Cl)c(Cl)c2)cc1. The number of hydrogen-bond acceptors (Lipinski definition) is 2. The molecule has 1 atom stereocenters. The van der Waals surface area contributed by atoms with E-state index in [0.717, 1.165) is 16.0 Å².